The predicted octanol–water partition coefficient (Wildman–Crippen LogP) is 0.777. The molecule has 2 heterocycles. The highest BCUT2D eigenvalue weighted by molar-refractivity contribution is 5.79. The monoisotopic (exact) mass is 497 g/mol. The number of carbonyl (C=O) groups is 2. The Kier molecular flexibility index (Phi) is 8.80. The fourth-order valence-electron chi connectivity index (χ4n) is 5.52. The van der Waals surface area contributed by atoms with Crippen molar-refractivity contribution >= 4 is 17.6 Å². The molecule has 0 aromatic heterocycles. The van der Waals surface area contributed by atoms with Gasteiger partial charge in [0.15, 0.2) is 0 Å². The van der Waals surface area contributed by atoms with Gasteiger partial charge in [0.1, 0.15) is 11.6 Å². The average molecular weight is 498 g/mol. The second-order valence-corrected chi connectivity index (χ2v) is 10.0. The number of aliphatic carboxylic acids is 1. The van der Waals surface area contributed by atoms with Crippen LogP contribution in [0.1, 0.15) is 24.8 Å². The Hall–Kier alpha value is -3.13. The number of carboxylic acid groups (broad SMARTS) is 1. The Labute approximate surface area is 212 Å². The first kappa shape index (κ1) is 25.9. The van der Waals surface area contributed by atoms with Crippen LogP contribution in [0.4, 0.5) is 10.1 Å². The van der Waals surface area contributed by atoms with E-state index in [0.29, 0.717) is 25.9 Å². The molecule has 2 fully saturated rings. The summed E-state index contributed by atoms with van der Waals surface area (Å²) in [6, 6.07) is 14.2. The van der Waals surface area contributed by atoms with Gasteiger partial charge in [-0.15, -0.1) is 0 Å². The maximum atomic E-state index is 13.2. The van der Waals surface area contributed by atoms with Crippen LogP contribution >= 0.6 is 0 Å². The smallest absolute Gasteiger partial charge is 0.226 e. The molecular weight excluding hydrogens is 461 g/mol. The summed E-state index contributed by atoms with van der Waals surface area (Å²) in [5.41, 5.74) is 1.99. The van der Waals surface area contributed by atoms with Crippen LogP contribution in [0.15, 0.2) is 48.5 Å². The maximum Gasteiger partial charge on any atom is 0.226 e. The van der Waals surface area contributed by atoms with Gasteiger partial charge in [-0.25, -0.2) is 4.39 Å². The van der Waals surface area contributed by atoms with Crippen LogP contribution < -0.4 is 19.6 Å². The largest absolute Gasteiger partial charge is 0.550 e. The van der Waals surface area contributed by atoms with Crippen LogP contribution in [-0.4, -0.2) is 69.7 Å². The molecule has 2 aromatic carbocycles. The number of nitrogens with one attached hydrogen (secondary N) is 1. The molecule has 0 aliphatic carbocycles. The molecule has 194 valence electrons. The Morgan fingerprint density at radius 1 is 1.03 bits per heavy atom. The van der Waals surface area contributed by atoms with Crippen molar-refractivity contribution in [2.45, 2.75) is 25.7 Å². The number of amides is 1. The van der Waals surface area contributed by atoms with Crippen molar-refractivity contribution in [2.75, 3.05) is 57.8 Å². The van der Waals surface area contributed by atoms with E-state index >= 15 is 0 Å². The Morgan fingerprint density at radius 3 is 2.36 bits per heavy atom. The Morgan fingerprint density at radius 2 is 1.72 bits per heavy atom. The minimum absolute atomic E-state index is 0.0416. The van der Waals surface area contributed by atoms with Gasteiger partial charge in [-0.05, 0) is 66.6 Å². The zero-order valence-electron chi connectivity index (χ0n) is 21.0. The summed E-state index contributed by atoms with van der Waals surface area (Å²) in [5, 5.41) is 11.4. The van der Waals surface area contributed by atoms with Crippen molar-refractivity contribution in [1.29, 1.82) is 0 Å². The third-order valence-corrected chi connectivity index (χ3v) is 7.72. The second-order valence-electron chi connectivity index (χ2n) is 10.0. The molecule has 36 heavy (non-hydrogen) atoms. The summed E-state index contributed by atoms with van der Waals surface area (Å²) in [7, 11) is 1.62. The van der Waals surface area contributed by atoms with Crippen LogP contribution in [0, 0.1) is 17.7 Å². The van der Waals surface area contributed by atoms with Crippen molar-refractivity contribution in [2.24, 2.45) is 11.8 Å². The summed E-state index contributed by atoms with van der Waals surface area (Å²) >= 11 is 0. The van der Waals surface area contributed by atoms with Crippen molar-refractivity contribution in [3.63, 3.8) is 0 Å². The van der Waals surface area contributed by atoms with Gasteiger partial charge in [0.05, 0.1) is 46.3 Å². The lowest BCUT2D eigenvalue weighted by atomic mass is 9.81. The number of likely N-dealkylation sites (tertiary alicyclic amines) is 1. The number of nitrogens with zero attached hydrogens (tertiary/aromatic N) is 2. The quantitative estimate of drug-likeness (QED) is 0.554. The molecule has 2 saturated heterocycles. The molecule has 2 aliphatic rings. The lowest BCUT2D eigenvalue weighted by Crippen LogP contribution is -3.15. The number of piperazine rings is 1. The van der Waals surface area contributed by atoms with Gasteiger partial charge in [0.2, 0.25) is 5.91 Å². The van der Waals surface area contributed by atoms with Crippen LogP contribution in [0.2, 0.25) is 0 Å². The van der Waals surface area contributed by atoms with Gasteiger partial charge < -0.3 is 29.3 Å². The minimum Gasteiger partial charge on any atom is -0.550 e. The first-order valence-corrected chi connectivity index (χ1v) is 12.9. The first-order chi connectivity index (χ1) is 17.4. The number of rotatable bonds is 9. The third-order valence-electron chi connectivity index (χ3n) is 7.72. The minimum atomic E-state index is -1.01. The Bertz CT molecular complexity index is 1010. The lowest BCUT2D eigenvalue weighted by molar-refractivity contribution is -0.901. The van der Waals surface area contributed by atoms with E-state index in [0.717, 1.165) is 56.1 Å². The first-order valence-electron chi connectivity index (χ1n) is 12.9. The van der Waals surface area contributed by atoms with E-state index in [-0.39, 0.29) is 30.0 Å². The molecule has 8 heteroatoms. The third kappa shape index (κ3) is 6.97. The van der Waals surface area contributed by atoms with Crippen LogP contribution in [0.5, 0.6) is 5.75 Å². The number of methoxy groups -OCH3 is 1. The summed E-state index contributed by atoms with van der Waals surface area (Å²) in [4.78, 5) is 30.1. The van der Waals surface area contributed by atoms with Gasteiger partial charge in [-0.1, -0.05) is 12.1 Å². The number of anilines is 1. The van der Waals surface area contributed by atoms with Crippen molar-refractivity contribution in [1.82, 2.24) is 4.90 Å². The summed E-state index contributed by atoms with van der Waals surface area (Å²) in [5.74, 6) is -0.201. The number of carboxylic acids is 1. The predicted molar refractivity (Wildman–Crippen MR) is 133 cm³/mol. The van der Waals surface area contributed by atoms with Crippen molar-refractivity contribution < 1.29 is 28.7 Å². The molecule has 2 aliphatic heterocycles. The van der Waals surface area contributed by atoms with Gasteiger partial charge in [0, 0.05) is 31.2 Å². The van der Waals surface area contributed by atoms with E-state index in [9.17, 15) is 19.1 Å². The van der Waals surface area contributed by atoms with E-state index in [1.54, 1.807) is 7.11 Å². The molecule has 0 spiro atoms. The fourth-order valence-corrected chi connectivity index (χ4v) is 5.52. The normalized spacial score (nSPS) is 20.8. The van der Waals surface area contributed by atoms with Crippen LogP contribution in [-0.2, 0) is 16.0 Å². The summed E-state index contributed by atoms with van der Waals surface area (Å²) in [6.45, 7) is 5.91. The molecule has 1 amide bonds. The van der Waals surface area contributed by atoms with Crippen LogP contribution in [0.3, 0.4) is 0 Å². The number of hydrogen-bond donors (Lipinski definition) is 1. The fraction of sp³-hybridized carbons (Fsp3) is 0.500. The number of quaternary nitrogens is 1. The van der Waals surface area contributed by atoms with E-state index in [1.165, 1.54) is 17.0 Å². The zero-order chi connectivity index (χ0) is 25.5. The SMILES string of the molecule is COc1ccc(CC(=O)N2CC[C@@H](CC(=O)[O-])[C@@H](CC[NH+]3CCN(c4ccc(F)cc4)CC3)C2)cc1. The zero-order valence-corrected chi connectivity index (χ0v) is 21.0. The topological polar surface area (TPSA) is 77.3 Å². The number of ether oxygens (including phenoxy) is 1. The summed E-state index contributed by atoms with van der Waals surface area (Å²) in [6.07, 6.45) is 1.97. The highest BCUT2D eigenvalue weighted by Crippen LogP contribution is 2.29. The molecule has 0 radical (unpaired) electrons. The molecule has 1 N–H and O–H groups in total. The highest BCUT2D eigenvalue weighted by Gasteiger charge is 2.32. The van der Waals surface area contributed by atoms with Gasteiger partial charge >= 0.3 is 0 Å². The van der Waals surface area contributed by atoms with E-state index in [2.05, 4.69) is 4.90 Å². The number of halogens is 1. The average Bonchev–Trinajstić information content (AvgIpc) is 2.89. The molecule has 0 saturated carbocycles. The molecule has 0 unspecified atom stereocenters. The highest BCUT2D eigenvalue weighted by atomic mass is 19.1. The second kappa shape index (κ2) is 12.2. The number of hydrogen-bond acceptors (Lipinski definition) is 5. The van der Waals surface area contributed by atoms with Gasteiger partial charge in [-0.3, -0.25) is 4.79 Å². The molecule has 2 aromatic rings. The number of carbonyl (C=O) groups excluding carboxylic acids is 2. The summed E-state index contributed by atoms with van der Waals surface area (Å²) < 4.78 is 18.4. The number of benzene rings is 2. The van der Waals surface area contributed by atoms with Crippen molar-refractivity contribution in [3.05, 3.63) is 59.9 Å². The van der Waals surface area contributed by atoms with Crippen LogP contribution in [0.25, 0.3) is 0 Å². The molecule has 2 atom stereocenters. The van der Waals surface area contributed by atoms with Crippen molar-refractivity contribution in [3.8, 4) is 5.75 Å². The Balaban J connectivity index is 1.30. The molecule has 4 rings (SSSR count). The van der Waals surface area contributed by atoms with E-state index in [4.69, 9.17) is 4.74 Å². The number of piperidine rings is 1. The molecular formula is C28H36FN3O4. The lowest BCUT2D eigenvalue weighted by Gasteiger charge is -2.40. The van der Waals surface area contributed by atoms with E-state index in [1.807, 2.05) is 41.3 Å². The standard InChI is InChI=1S/C28H36FN3O4/c1-36-26-8-2-21(3-9-26)18-27(33)32-13-11-22(19-28(34)35)23(20-32)10-12-30-14-16-31(17-15-30)25-6-4-24(29)5-7-25/h2-9,22-23H,10-20H2,1H3,(H,34,35)/t22-,23-/m0/s1. The van der Waals surface area contributed by atoms with Gasteiger partial charge in [0.25, 0.3) is 0 Å². The van der Waals surface area contributed by atoms with Gasteiger partial charge in [-0.2, -0.15) is 0 Å². The molecule has 7 nitrogen and oxygen atoms in total. The maximum absolute atomic E-state index is 13.2. The van der Waals surface area contributed by atoms with E-state index < -0.39 is 5.97 Å². The molecule has 0 bridgehead atoms.